The summed E-state index contributed by atoms with van der Waals surface area (Å²) in [5, 5.41) is 19.0. The predicted molar refractivity (Wildman–Crippen MR) is 283 cm³/mol. The third-order valence-corrected chi connectivity index (χ3v) is 15.9. The van der Waals surface area contributed by atoms with Gasteiger partial charge in [0.05, 0.1) is 48.4 Å². The molecule has 8 bridgehead atoms. The van der Waals surface area contributed by atoms with Crippen molar-refractivity contribution in [2.45, 2.75) is 131 Å². The molecule has 0 spiro atoms. The van der Waals surface area contributed by atoms with Crippen molar-refractivity contribution in [3.63, 3.8) is 0 Å². The van der Waals surface area contributed by atoms with Crippen LogP contribution in [0.15, 0.2) is 73.8 Å². The van der Waals surface area contributed by atoms with Crippen LogP contribution >= 0.6 is 0 Å². The number of benzene rings is 4. The second-order valence-corrected chi connectivity index (χ2v) is 20.4. The maximum absolute atomic E-state index is 7.08. The highest BCUT2D eigenvalue weighted by Gasteiger charge is 2.39. The molecule has 0 N–H and O–H groups in total. The van der Waals surface area contributed by atoms with Gasteiger partial charge in [-0.05, 0) is 72.2 Å². The van der Waals surface area contributed by atoms with Crippen LogP contribution in [0, 0.1) is 0 Å². The van der Waals surface area contributed by atoms with Gasteiger partial charge in [0.15, 0.2) is 0 Å². The van der Waals surface area contributed by atoms with E-state index in [2.05, 4.69) is 27.7 Å². The average molecular weight is 1030 g/mol. The van der Waals surface area contributed by atoms with Gasteiger partial charge in [-0.3, -0.25) is 18.7 Å². The normalized spacial score (nSPS) is 14.6. The maximum Gasteiger partial charge on any atom is 0.230 e. The first kappa shape index (κ1) is 47.8. The van der Waals surface area contributed by atoms with E-state index in [9.17, 15) is 0 Å². The molecule has 8 heterocycles. The lowest BCUT2D eigenvalue weighted by Gasteiger charge is -2.35. The molecule has 392 valence electrons. The molecule has 16 nitrogen and oxygen atoms in total. The lowest BCUT2D eigenvalue weighted by atomic mass is 9.78. The van der Waals surface area contributed by atoms with Crippen molar-refractivity contribution < 1.29 is 37.9 Å². The molecule has 0 atom stereocenters. The number of nitrogens with zero attached hydrogens (tertiary/aromatic N) is 8. The van der Waals surface area contributed by atoms with Crippen LogP contribution in [0.4, 0.5) is 0 Å². The molecule has 13 rings (SSSR count). The van der Waals surface area contributed by atoms with Crippen molar-refractivity contribution in [2.75, 3.05) is 27.2 Å². The van der Waals surface area contributed by atoms with Gasteiger partial charge in [-0.25, -0.2) is 0 Å². The highest BCUT2D eigenvalue weighted by atomic mass is 16.7. The van der Waals surface area contributed by atoms with Gasteiger partial charge in [-0.1, -0.05) is 53.4 Å². The Labute approximate surface area is 442 Å². The molecule has 0 saturated heterocycles. The van der Waals surface area contributed by atoms with Crippen LogP contribution in [0.3, 0.4) is 0 Å². The van der Waals surface area contributed by atoms with E-state index in [1.165, 1.54) is 22.3 Å². The molecule has 4 aromatic heterocycles. The zero-order valence-electron chi connectivity index (χ0n) is 43.9. The second-order valence-electron chi connectivity index (χ2n) is 20.4. The highest BCUT2D eigenvalue weighted by Crippen LogP contribution is 2.54. The van der Waals surface area contributed by atoms with E-state index in [-0.39, 0.29) is 27.2 Å². The van der Waals surface area contributed by atoms with Crippen LogP contribution in [0.5, 0.6) is 46.0 Å². The first-order valence-electron chi connectivity index (χ1n) is 27.2. The van der Waals surface area contributed by atoms with Crippen molar-refractivity contribution in [3.8, 4) is 46.0 Å². The van der Waals surface area contributed by atoms with E-state index in [1.54, 1.807) is 0 Å². The van der Waals surface area contributed by atoms with Crippen LogP contribution in [0.1, 0.15) is 142 Å². The fraction of sp³-hybridized carbons (Fsp3) is 0.400. The Morgan fingerprint density at radius 1 is 0.303 bits per heavy atom. The van der Waals surface area contributed by atoms with Crippen LogP contribution < -0.4 is 37.9 Å². The highest BCUT2D eigenvalue weighted by molar-refractivity contribution is 5.72. The minimum absolute atomic E-state index is 0.0429. The van der Waals surface area contributed by atoms with E-state index in [0.717, 1.165) is 164 Å². The van der Waals surface area contributed by atoms with Gasteiger partial charge < -0.3 is 37.9 Å². The molecule has 0 unspecified atom stereocenters. The van der Waals surface area contributed by atoms with Crippen molar-refractivity contribution >= 4 is 0 Å². The van der Waals surface area contributed by atoms with Gasteiger partial charge >= 0.3 is 0 Å². The second kappa shape index (κ2) is 20.3. The quantitative estimate of drug-likeness (QED) is 0.0908. The van der Waals surface area contributed by atoms with E-state index in [4.69, 9.17) is 58.3 Å². The third-order valence-electron chi connectivity index (χ3n) is 15.9. The summed E-state index contributed by atoms with van der Waals surface area (Å²) < 4.78 is 64.5. The Hall–Kier alpha value is -7.88. The molecule has 0 radical (unpaired) electrons. The van der Waals surface area contributed by atoms with E-state index in [0.29, 0.717) is 51.9 Å². The molecule has 4 aromatic carbocycles. The molecule has 16 heteroatoms. The van der Waals surface area contributed by atoms with Gasteiger partial charge in [0.1, 0.15) is 46.0 Å². The third kappa shape index (κ3) is 8.27. The maximum atomic E-state index is 7.08. The fourth-order valence-corrected chi connectivity index (χ4v) is 12.9. The number of hydrogen-bond donors (Lipinski definition) is 0. The van der Waals surface area contributed by atoms with Crippen LogP contribution in [0.2, 0.25) is 0 Å². The first-order valence-corrected chi connectivity index (χ1v) is 27.2. The minimum atomic E-state index is -0.0429. The Morgan fingerprint density at radius 3 is 0.658 bits per heavy atom. The van der Waals surface area contributed by atoms with Gasteiger partial charge in [-0.2, -0.15) is 20.4 Å². The van der Waals surface area contributed by atoms with E-state index in [1.807, 2.05) is 92.6 Å². The first-order chi connectivity index (χ1) is 37.5. The smallest absolute Gasteiger partial charge is 0.230 e. The predicted octanol–water partition coefficient (Wildman–Crippen LogP) is 10.1. The molecule has 1 aliphatic carbocycles. The van der Waals surface area contributed by atoms with Crippen molar-refractivity contribution in [1.29, 1.82) is 0 Å². The molecular weight excluding hydrogens is 961 g/mol. The summed E-state index contributed by atoms with van der Waals surface area (Å²) in [6.07, 6.45) is 24.3. The van der Waals surface area contributed by atoms with Gasteiger partial charge in [-0.15, -0.1) is 0 Å². The molecule has 8 aromatic rings. The monoisotopic (exact) mass is 1020 g/mol. The summed E-state index contributed by atoms with van der Waals surface area (Å²) in [4.78, 5) is 0. The number of hydrogen-bond acceptors (Lipinski definition) is 12. The molecule has 4 aliphatic heterocycles. The molecule has 76 heavy (non-hydrogen) atoms. The Kier molecular flexibility index (Phi) is 12.8. The van der Waals surface area contributed by atoms with Gasteiger partial charge in [0.2, 0.25) is 27.2 Å². The van der Waals surface area contributed by atoms with Gasteiger partial charge in [0, 0.05) is 120 Å². The SMILES string of the molecule is CCCc1c2c3c(Cn4cccn4)c4c1Cc1c(CCC)c5c(c(Cn6cccn6)c1OCO4)OCOc1c(c(CCC)c4c(c1Cn1cccn1)OCOc1c(c(CCC)c(c(c1Cn1cccn1)OCO3)C2)C4)C5. The molecule has 0 saturated carbocycles. The fourth-order valence-electron chi connectivity index (χ4n) is 12.9. The lowest BCUT2D eigenvalue weighted by Crippen LogP contribution is -2.26. The summed E-state index contributed by atoms with van der Waals surface area (Å²) in [7, 11) is 0. The topological polar surface area (TPSA) is 145 Å². The van der Waals surface area contributed by atoms with Crippen LogP contribution in [-0.4, -0.2) is 66.3 Å². The zero-order valence-corrected chi connectivity index (χ0v) is 43.9. The summed E-state index contributed by atoms with van der Waals surface area (Å²) in [5.41, 5.74) is 17.7. The van der Waals surface area contributed by atoms with E-state index >= 15 is 0 Å². The van der Waals surface area contributed by atoms with Crippen molar-refractivity contribution in [2.24, 2.45) is 0 Å². The lowest BCUT2D eigenvalue weighted by molar-refractivity contribution is 0.0954. The molecule has 0 amide bonds. The van der Waals surface area contributed by atoms with Crippen molar-refractivity contribution in [1.82, 2.24) is 39.1 Å². The number of rotatable bonds is 16. The summed E-state index contributed by atoms with van der Waals surface area (Å²) >= 11 is 0. The summed E-state index contributed by atoms with van der Waals surface area (Å²) in [5.74, 6) is 6.17. The molecule has 0 fully saturated rings. The number of ether oxygens (including phenoxy) is 8. The Morgan fingerprint density at radius 2 is 0.500 bits per heavy atom. The van der Waals surface area contributed by atoms with Crippen LogP contribution in [0.25, 0.3) is 0 Å². The average Bonchev–Trinajstić information content (AvgIpc) is 4.30. The Balaban J connectivity index is 1.20. The largest absolute Gasteiger partial charge is 0.457 e. The summed E-state index contributed by atoms with van der Waals surface area (Å²) in [6, 6.07) is 7.83. The number of aromatic nitrogens is 8. The van der Waals surface area contributed by atoms with Crippen LogP contribution in [-0.2, 0) is 77.5 Å². The van der Waals surface area contributed by atoms with E-state index < -0.39 is 0 Å². The molecule has 5 aliphatic rings. The summed E-state index contributed by atoms with van der Waals surface area (Å²) in [6.45, 7) is 10.6. The zero-order chi connectivity index (χ0) is 51.3. The van der Waals surface area contributed by atoms with Crippen molar-refractivity contribution in [3.05, 3.63) is 163 Å². The Bertz CT molecular complexity index is 2860. The van der Waals surface area contributed by atoms with Gasteiger partial charge in [0.25, 0.3) is 0 Å². The standard InChI is InChI=1S/C60H64N8O8/c1-5-13-37-41-25-43-38(14-6-2)45-27-47-40(16-8-4)48-28-46-39(15-7-3)44-26-42(37)54-49(29-65-21-9-17-61-65)53(41)69-33-71-55(43)50(30-66-22-10-18-62-66)57(45)73-35-75-59(47)52(32-68-24-12-20-64-68)60(48)76-36-74-58(46)51(56(44)72-34-70-54)31-67-23-11-19-63-67/h9-12,17-24H,5-8,13-16,25-36H2,1-4H3. The minimum Gasteiger partial charge on any atom is -0.457 e. The molecular formula is C60H64N8O8.